The Morgan fingerprint density at radius 2 is 1.94 bits per heavy atom. The SMILES string of the molecule is C[C@@H](CC(=O)c1cnn2cccnc12)c1ncc(C(=O)Cc2cc(C(F)(F)F)c(Cl)cn2)s1. The number of aromatic nitrogens is 5. The van der Waals surface area contributed by atoms with Gasteiger partial charge in [0.25, 0.3) is 0 Å². The normalized spacial score (nSPS) is 12.8. The average molecular weight is 494 g/mol. The molecule has 0 radical (unpaired) electrons. The maximum absolute atomic E-state index is 13.0. The predicted molar refractivity (Wildman–Crippen MR) is 115 cm³/mol. The van der Waals surface area contributed by atoms with Crippen molar-refractivity contribution in [2.75, 3.05) is 0 Å². The first-order chi connectivity index (χ1) is 15.6. The minimum Gasteiger partial charge on any atom is -0.294 e. The molecule has 0 saturated heterocycles. The first-order valence-electron chi connectivity index (χ1n) is 9.65. The fourth-order valence-electron chi connectivity index (χ4n) is 3.19. The van der Waals surface area contributed by atoms with Gasteiger partial charge in [-0.2, -0.15) is 18.3 Å². The van der Waals surface area contributed by atoms with Gasteiger partial charge in [-0.1, -0.05) is 18.5 Å². The van der Waals surface area contributed by atoms with Crippen LogP contribution < -0.4 is 0 Å². The van der Waals surface area contributed by atoms with Crippen LogP contribution in [-0.4, -0.2) is 36.1 Å². The van der Waals surface area contributed by atoms with Gasteiger partial charge in [0.05, 0.1) is 38.7 Å². The zero-order chi connectivity index (χ0) is 23.8. The number of hydrogen-bond donors (Lipinski definition) is 0. The van der Waals surface area contributed by atoms with Crippen LogP contribution in [-0.2, 0) is 12.6 Å². The molecular formula is C21H15ClF3N5O2S. The molecule has 0 aliphatic carbocycles. The van der Waals surface area contributed by atoms with E-state index in [1.54, 1.807) is 25.4 Å². The number of hydrogen-bond acceptors (Lipinski definition) is 7. The van der Waals surface area contributed by atoms with E-state index < -0.39 is 22.5 Å². The van der Waals surface area contributed by atoms with E-state index in [1.165, 1.54) is 16.9 Å². The number of halogens is 4. The van der Waals surface area contributed by atoms with Crippen molar-refractivity contribution in [1.82, 2.24) is 24.6 Å². The first kappa shape index (κ1) is 23.0. The number of carbonyl (C=O) groups excluding carboxylic acids is 2. The molecule has 0 aliphatic heterocycles. The van der Waals surface area contributed by atoms with E-state index in [0.29, 0.717) is 16.2 Å². The van der Waals surface area contributed by atoms with Crippen molar-refractivity contribution >= 4 is 40.2 Å². The van der Waals surface area contributed by atoms with Crippen molar-refractivity contribution in [3.05, 3.63) is 74.8 Å². The summed E-state index contributed by atoms with van der Waals surface area (Å²) in [5, 5.41) is 4.14. The van der Waals surface area contributed by atoms with Crippen LogP contribution in [0.2, 0.25) is 5.02 Å². The zero-order valence-corrected chi connectivity index (χ0v) is 18.6. The van der Waals surface area contributed by atoms with Crippen LogP contribution in [0, 0.1) is 0 Å². The second-order valence-electron chi connectivity index (χ2n) is 7.29. The summed E-state index contributed by atoms with van der Waals surface area (Å²) in [4.78, 5) is 37.8. The molecule has 0 aliphatic rings. The Hall–Kier alpha value is -3.18. The smallest absolute Gasteiger partial charge is 0.294 e. The molecule has 0 spiro atoms. The maximum Gasteiger partial charge on any atom is 0.417 e. The standard InChI is InChI=1S/C21H15ClF3N5O2S/c1-11(5-16(31)13-8-29-30-4-2-3-26-19(13)30)20-28-10-18(33-20)17(32)7-12-6-14(21(23,24)25)15(22)9-27-12/h2-4,6,8-11H,5,7H2,1H3/t11-/m0/s1. The van der Waals surface area contributed by atoms with E-state index in [4.69, 9.17) is 11.6 Å². The van der Waals surface area contributed by atoms with Gasteiger partial charge in [0.15, 0.2) is 17.2 Å². The van der Waals surface area contributed by atoms with E-state index in [0.717, 1.165) is 23.6 Å². The van der Waals surface area contributed by atoms with E-state index in [1.807, 2.05) is 0 Å². The average Bonchev–Trinajstić information content (AvgIpc) is 3.42. The molecule has 4 rings (SSSR count). The molecular weight excluding hydrogens is 479 g/mol. The van der Waals surface area contributed by atoms with Gasteiger partial charge in [0.2, 0.25) is 0 Å². The molecule has 0 fully saturated rings. The number of rotatable bonds is 7. The van der Waals surface area contributed by atoms with Crippen molar-refractivity contribution in [3.63, 3.8) is 0 Å². The van der Waals surface area contributed by atoms with Crippen molar-refractivity contribution in [3.8, 4) is 0 Å². The number of fused-ring (bicyclic) bond motifs is 1. The predicted octanol–water partition coefficient (Wildman–Crippen LogP) is 5.05. The molecule has 33 heavy (non-hydrogen) atoms. The van der Waals surface area contributed by atoms with Gasteiger partial charge in [-0.05, 0) is 12.1 Å². The van der Waals surface area contributed by atoms with Crippen LogP contribution in [0.15, 0.2) is 43.1 Å². The fourth-order valence-corrected chi connectivity index (χ4v) is 4.31. The van der Waals surface area contributed by atoms with Gasteiger partial charge in [0.1, 0.15) is 0 Å². The number of pyridine rings is 1. The summed E-state index contributed by atoms with van der Waals surface area (Å²) < 4.78 is 40.6. The summed E-state index contributed by atoms with van der Waals surface area (Å²) in [6.07, 6.45) is 2.12. The molecule has 0 unspecified atom stereocenters. The van der Waals surface area contributed by atoms with Gasteiger partial charge < -0.3 is 0 Å². The molecule has 4 aromatic rings. The fraction of sp³-hybridized carbons (Fsp3) is 0.238. The van der Waals surface area contributed by atoms with E-state index in [9.17, 15) is 22.8 Å². The number of nitrogens with zero attached hydrogens (tertiary/aromatic N) is 5. The molecule has 7 nitrogen and oxygen atoms in total. The maximum atomic E-state index is 13.0. The van der Waals surface area contributed by atoms with E-state index in [-0.39, 0.29) is 35.1 Å². The van der Waals surface area contributed by atoms with Crippen LogP contribution in [0.3, 0.4) is 0 Å². The highest BCUT2D eigenvalue weighted by Gasteiger charge is 2.34. The van der Waals surface area contributed by atoms with Crippen molar-refractivity contribution < 1.29 is 22.8 Å². The first-order valence-corrected chi connectivity index (χ1v) is 10.8. The van der Waals surface area contributed by atoms with Crippen LogP contribution in [0.4, 0.5) is 13.2 Å². The highest BCUT2D eigenvalue weighted by Crippen LogP contribution is 2.35. The molecule has 0 amide bonds. The van der Waals surface area contributed by atoms with Gasteiger partial charge in [-0.25, -0.2) is 14.5 Å². The second kappa shape index (κ2) is 8.99. The zero-order valence-electron chi connectivity index (χ0n) is 17.0. The number of thiazole rings is 1. The van der Waals surface area contributed by atoms with Crippen molar-refractivity contribution in [2.45, 2.75) is 31.9 Å². The quantitative estimate of drug-likeness (QED) is 0.334. The molecule has 4 aromatic heterocycles. The number of ketones is 2. The highest BCUT2D eigenvalue weighted by molar-refractivity contribution is 7.13. The number of alkyl halides is 3. The second-order valence-corrected chi connectivity index (χ2v) is 8.76. The summed E-state index contributed by atoms with van der Waals surface area (Å²) in [7, 11) is 0. The Bertz CT molecular complexity index is 1350. The Labute approximate surface area is 194 Å². The lowest BCUT2D eigenvalue weighted by Crippen LogP contribution is -2.10. The highest BCUT2D eigenvalue weighted by atomic mass is 35.5. The Morgan fingerprint density at radius 3 is 2.70 bits per heavy atom. The Morgan fingerprint density at radius 1 is 1.15 bits per heavy atom. The third-order valence-electron chi connectivity index (χ3n) is 4.85. The molecule has 0 N–H and O–H groups in total. The molecule has 4 heterocycles. The molecule has 0 aromatic carbocycles. The van der Waals surface area contributed by atoms with Gasteiger partial charge in [0, 0.05) is 42.8 Å². The molecule has 1 atom stereocenters. The summed E-state index contributed by atoms with van der Waals surface area (Å²) in [5.41, 5.74) is -0.236. The molecule has 12 heteroatoms. The number of Topliss-reactive ketones (excluding diaryl/α,β-unsaturated/α-hetero) is 2. The Balaban J connectivity index is 1.45. The summed E-state index contributed by atoms with van der Waals surface area (Å²) >= 11 is 6.67. The Kier molecular flexibility index (Phi) is 6.26. The number of carbonyl (C=O) groups is 2. The summed E-state index contributed by atoms with van der Waals surface area (Å²) in [5.74, 6) is -0.871. The van der Waals surface area contributed by atoms with E-state index in [2.05, 4.69) is 20.1 Å². The molecule has 0 saturated carbocycles. The lowest BCUT2D eigenvalue weighted by molar-refractivity contribution is -0.137. The van der Waals surface area contributed by atoms with Crippen molar-refractivity contribution in [1.29, 1.82) is 0 Å². The van der Waals surface area contributed by atoms with Crippen LogP contribution in [0.5, 0.6) is 0 Å². The topological polar surface area (TPSA) is 90.1 Å². The third kappa shape index (κ3) is 4.93. The molecule has 170 valence electrons. The molecule has 0 bridgehead atoms. The lowest BCUT2D eigenvalue weighted by Gasteiger charge is -2.09. The van der Waals surface area contributed by atoms with Crippen LogP contribution in [0.1, 0.15) is 55.6 Å². The van der Waals surface area contributed by atoms with Crippen LogP contribution in [0.25, 0.3) is 5.65 Å². The lowest BCUT2D eigenvalue weighted by atomic mass is 10.0. The van der Waals surface area contributed by atoms with E-state index >= 15 is 0 Å². The minimum absolute atomic E-state index is 0.0458. The third-order valence-corrected chi connectivity index (χ3v) is 6.42. The van der Waals surface area contributed by atoms with Crippen molar-refractivity contribution in [2.24, 2.45) is 0 Å². The summed E-state index contributed by atoms with van der Waals surface area (Å²) in [6, 6.07) is 2.47. The van der Waals surface area contributed by atoms with Gasteiger partial charge in [-0.15, -0.1) is 11.3 Å². The van der Waals surface area contributed by atoms with Crippen LogP contribution >= 0.6 is 22.9 Å². The van der Waals surface area contributed by atoms with Gasteiger partial charge in [-0.3, -0.25) is 14.6 Å². The summed E-state index contributed by atoms with van der Waals surface area (Å²) in [6.45, 7) is 1.81. The largest absolute Gasteiger partial charge is 0.417 e. The minimum atomic E-state index is -4.64. The van der Waals surface area contributed by atoms with Gasteiger partial charge >= 0.3 is 6.18 Å². The monoisotopic (exact) mass is 493 g/mol.